The van der Waals surface area contributed by atoms with Gasteiger partial charge in [0.25, 0.3) is 0 Å². The molecule has 0 aliphatic carbocycles. The molecule has 1 N–H and O–H groups in total. The Morgan fingerprint density at radius 1 is 1.24 bits per heavy atom. The molecule has 1 aliphatic rings. The van der Waals surface area contributed by atoms with Gasteiger partial charge in [-0.05, 0) is 68.6 Å². The third-order valence-electron chi connectivity index (χ3n) is 4.90. The molecule has 136 valence electrons. The van der Waals surface area contributed by atoms with Gasteiger partial charge in [-0.3, -0.25) is 4.90 Å². The zero-order chi connectivity index (χ0) is 17.9. The van der Waals surface area contributed by atoms with Gasteiger partial charge in [0.05, 0.1) is 17.2 Å². The normalized spacial score (nSPS) is 18.3. The topological polar surface area (TPSA) is 62.6 Å². The average Bonchev–Trinajstić information content (AvgIpc) is 3.11. The molecule has 0 radical (unpaired) electrons. The molecule has 0 spiro atoms. The number of hydrogen-bond acceptors (Lipinski definition) is 4. The first kappa shape index (κ1) is 18.2. The van der Waals surface area contributed by atoms with Crippen molar-refractivity contribution in [2.75, 3.05) is 19.6 Å². The molecule has 1 fully saturated rings. The molecule has 1 atom stereocenters. The highest BCUT2D eigenvalue weighted by atomic mass is 32.2. The molecule has 0 saturated carbocycles. The van der Waals surface area contributed by atoms with Crippen molar-refractivity contribution < 1.29 is 12.8 Å². The van der Waals surface area contributed by atoms with E-state index in [9.17, 15) is 8.42 Å². The van der Waals surface area contributed by atoms with E-state index in [2.05, 4.69) is 16.5 Å². The molecule has 6 heteroatoms. The summed E-state index contributed by atoms with van der Waals surface area (Å²) in [6, 6.07) is 10.7. The second-order valence-corrected chi connectivity index (χ2v) is 8.69. The lowest BCUT2D eigenvalue weighted by atomic mass is 9.97. The first-order valence-corrected chi connectivity index (χ1v) is 10.3. The molecule has 3 rings (SSSR count). The van der Waals surface area contributed by atoms with Gasteiger partial charge in [0.1, 0.15) is 5.76 Å². The van der Waals surface area contributed by atoms with Crippen LogP contribution in [-0.4, -0.2) is 33.0 Å². The largest absolute Gasteiger partial charge is 0.468 e. The van der Waals surface area contributed by atoms with Crippen molar-refractivity contribution in [3.8, 4) is 0 Å². The zero-order valence-electron chi connectivity index (χ0n) is 14.8. The molecule has 1 saturated heterocycles. The number of likely N-dealkylation sites (tertiary alicyclic amines) is 1. The van der Waals surface area contributed by atoms with Crippen LogP contribution in [0.3, 0.4) is 0 Å². The predicted octanol–water partition coefficient (Wildman–Crippen LogP) is 3.34. The molecule has 0 bridgehead atoms. The van der Waals surface area contributed by atoms with Crippen molar-refractivity contribution in [2.24, 2.45) is 5.92 Å². The highest BCUT2D eigenvalue weighted by Crippen LogP contribution is 2.27. The van der Waals surface area contributed by atoms with Crippen molar-refractivity contribution in [2.45, 2.75) is 37.6 Å². The van der Waals surface area contributed by atoms with Gasteiger partial charge in [-0.2, -0.15) is 0 Å². The van der Waals surface area contributed by atoms with Gasteiger partial charge >= 0.3 is 0 Å². The number of nitrogens with one attached hydrogen (secondary N) is 1. The summed E-state index contributed by atoms with van der Waals surface area (Å²) in [5.41, 5.74) is 0.926. The van der Waals surface area contributed by atoms with Gasteiger partial charge in [0.2, 0.25) is 10.0 Å². The third-order valence-corrected chi connectivity index (χ3v) is 6.32. The fraction of sp³-hybridized carbons (Fsp3) is 0.474. The molecular weight excluding hydrogens is 336 g/mol. The Morgan fingerprint density at radius 3 is 2.64 bits per heavy atom. The number of piperidine rings is 1. The Morgan fingerprint density at radius 2 is 2.00 bits per heavy atom. The number of nitrogens with zero attached hydrogens (tertiary/aromatic N) is 1. The highest BCUT2D eigenvalue weighted by Gasteiger charge is 2.28. The van der Waals surface area contributed by atoms with Gasteiger partial charge in [-0.1, -0.05) is 19.1 Å². The van der Waals surface area contributed by atoms with E-state index < -0.39 is 10.0 Å². The van der Waals surface area contributed by atoms with E-state index in [0.717, 1.165) is 43.2 Å². The van der Waals surface area contributed by atoms with Crippen molar-refractivity contribution in [3.05, 3.63) is 54.0 Å². The maximum absolute atomic E-state index is 12.6. The first-order valence-electron chi connectivity index (χ1n) is 8.79. The molecule has 1 aromatic heterocycles. The van der Waals surface area contributed by atoms with Crippen LogP contribution < -0.4 is 4.72 Å². The Kier molecular flexibility index (Phi) is 5.61. The number of benzene rings is 1. The van der Waals surface area contributed by atoms with Crippen LogP contribution in [0.25, 0.3) is 0 Å². The summed E-state index contributed by atoms with van der Waals surface area (Å²) in [6.45, 7) is 6.37. The van der Waals surface area contributed by atoms with E-state index in [1.165, 1.54) is 0 Å². The molecule has 1 aromatic carbocycles. The van der Waals surface area contributed by atoms with Crippen molar-refractivity contribution in [1.29, 1.82) is 0 Å². The van der Waals surface area contributed by atoms with Gasteiger partial charge in [0, 0.05) is 6.54 Å². The van der Waals surface area contributed by atoms with E-state index in [4.69, 9.17) is 4.42 Å². The summed E-state index contributed by atoms with van der Waals surface area (Å²) in [5, 5.41) is 0. The highest BCUT2D eigenvalue weighted by molar-refractivity contribution is 7.89. The standard InChI is InChI=1S/C19H26N2O3S/c1-15-8-10-21(11-9-15)18(19-7-4-12-24-19)14-20-25(22,23)17-6-3-5-16(2)13-17/h3-7,12-13,15,18,20H,8-11,14H2,1-2H3. The fourth-order valence-electron chi connectivity index (χ4n) is 3.29. The Hall–Kier alpha value is -1.63. The lowest BCUT2D eigenvalue weighted by Gasteiger charge is -2.35. The van der Waals surface area contributed by atoms with Crippen molar-refractivity contribution in [3.63, 3.8) is 0 Å². The number of hydrogen-bond donors (Lipinski definition) is 1. The fourth-order valence-corrected chi connectivity index (χ4v) is 4.43. The van der Waals surface area contributed by atoms with Gasteiger partial charge < -0.3 is 4.42 Å². The van der Waals surface area contributed by atoms with Crippen molar-refractivity contribution >= 4 is 10.0 Å². The van der Waals surface area contributed by atoms with Crippen LogP contribution in [0.2, 0.25) is 0 Å². The summed E-state index contributed by atoms with van der Waals surface area (Å²) < 4.78 is 33.6. The second-order valence-electron chi connectivity index (χ2n) is 6.92. The lowest BCUT2D eigenvalue weighted by Crippen LogP contribution is -2.41. The van der Waals surface area contributed by atoms with E-state index in [1.54, 1.807) is 24.5 Å². The third kappa shape index (κ3) is 4.51. The molecule has 5 nitrogen and oxygen atoms in total. The first-order chi connectivity index (χ1) is 12.0. The van der Waals surface area contributed by atoms with E-state index in [0.29, 0.717) is 11.4 Å². The summed E-state index contributed by atoms with van der Waals surface area (Å²) in [7, 11) is -3.54. The number of rotatable bonds is 6. The van der Waals surface area contributed by atoms with Gasteiger partial charge in [0.15, 0.2) is 0 Å². The second kappa shape index (κ2) is 7.72. The Balaban J connectivity index is 1.74. The number of sulfonamides is 1. The SMILES string of the molecule is Cc1cccc(S(=O)(=O)NCC(c2ccco2)N2CCC(C)CC2)c1. The van der Waals surface area contributed by atoms with Gasteiger partial charge in [-0.25, -0.2) is 13.1 Å². The summed E-state index contributed by atoms with van der Waals surface area (Å²) >= 11 is 0. The van der Waals surface area contributed by atoms with Crippen LogP contribution >= 0.6 is 0 Å². The smallest absolute Gasteiger partial charge is 0.240 e. The van der Waals surface area contributed by atoms with Gasteiger partial charge in [-0.15, -0.1) is 0 Å². The van der Waals surface area contributed by atoms with E-state index >= 15 is 0 Å². The van der Waals surface area contributed by atoms with Crippen molar-refractivity contribution in [1.82, 2.24) is 9.62 Å². The quantitative estimate of drug-likeness (QED) is 0.856. The van der Waals surface area contributed by atoms with Crippen LogP contribution in [0.5, 0.6) is 0 Å². The van der Waals surface area contributed by atoms with E-state index in [-0.39, 0.29) is 6.04 Å². The summed E-state index contributed by atoms with van der Waals surface area (Å²) in [6.07, 6.45) is 3.90. The van der Waals surface area contributed by atoms with Crippen LogP contribution in [0.15, 0.2) is 52.0 Å². The molecule has 0 amide bonds. The van der Waals surface area contributed by atoms with Crippen LogP contribution in [-0.2, 0) is 10.0 Å². The minimum Gasteiger partial charge on any atom is -0.468 e. The molecule has 1 unspecified atom stereocenters. The summed E-state index contributed by atoms with van der Waals surface area (Å²) in [4.78, 5) is 2.62. The minimum atomic E-state index is -3.54. The predicted molar refractivity (Wildman–Crippen MR) is 97.8 cm³/mol. The zero-order valence-corrected chi connectivity index (χ0v) is 15.6. The maximum atomic E-state index is 12.6. The molecule has 2 aromatic rings. The van der Waals surface area contributed by atoms with E-state index in [1.807, 2.05) is 25.1 Å². The molecule has 1 aliphatic heterocycles. The minimum absolute atomic E-state index is 0.0814. The Labute approximate surface area is 150 Å². The lowest BCUT2D eigenvalue weighted by molar-refractivity contribution is 0.125. The molecular formula is C19H26N2O3S. The monoisotopic (exact) mass is 362 g/mol. The number of aryl methyl sites for hydroxylation is 1. The average molecular weight is 362 g/mol. The van der Waals surface area contributed by atoms with Crippen LogP contribution in [0.4, 0.5) is 0 Å². The van der Waals surface area contributed by atoms with Crippen LogP contribution in [0.1, 0.15) is 37.1 Å². The maximum Gasteiger partial charge on any atom is 0.240 e. The Bertz CT molecular complexity index is 779. The number of furan rings is 1. The summed E-state index contributed by atoms with van der Waals surface area (Å²) in [5.74, 6) is 1.53. The molecule has 25 heavy (non-hydrogen) atoms. The molecule has 2 heterocycles. The van der Waals surface area contributed by atoms with Crippen LogP contribution in [0, 0.1) is 12.8 Å².